The molecule has 0 saturated heterocycles. The molecule has 0 spiro atoms. The predicted molar refractivity (Wildman–Crippen MR) is 97.8 cm³/mol. The normalized spacial score (nSPS) is 12.4. The van der Waals surface area contributed by atoms with Crippen LogP contribution >= 0.6 is 0 Å². The first-order valence-electron chi connectivity index (χ1n) is 8.29. The van der Waals surface area contributed by atoms with E-state index in [1.807, 2.05) is 18.5 Å². The fourth-order valence-electron chi connectivity index (χ4n) is 2.21. The summed E-state index contributed by atoms with van der Waals surface area (Å²) in [4.78, 5) is 4.53. The van der Waals surface area contributed by atoms with Crippen LogP contribution in [0.2, 0.25) is 0 Å². The molecule has 0 unspecified atom stereocenters. The minimum Gasteiger partial charge on any atom is -0.357 e. The van der Waals surface area contributed by atoms with E-state index in [-0.39, 0.29) is 0 Å². The topological polar surface area (TPSA) is 100 Å². The van der Waals surface area contributed by atoms with Crippen LogP contribution in [-0.2, 0) is 16.6 Å². The van der Waals surface area contributed by atoms with Gasteiger partial charge in [-0.3, -0.25) is 9.67 Å². The van der Waals surface area contributed by atoms with Gasteiger partial charge in [-0.15, -0.1) is 0 Å². The highest BCUT2D eigenvalue weighted by atomic mass is 32.2. The SMILES string of the molecule is CCNC(=NCCCn1nc(C)cc1C)NCCCNS(C)(=O)=O. The molecule has 9 heteroatoms. The Morgan fingerprint density at radius 1 is 1.25 bits per heavy atom. The van der Waals surface area contributed by atoms with Gasteiger partial charge in [0.2, 0.25) is 10.0 Å². The molecular weight excluding hydrogens is 328 g/mol. The molecule has 8 nitrogen and oxygen atoms in total. The number of nitrogens with zero attached hydrogens (tertiary/aromatic N) is 3. The van der Waals surface area contributed by atoms with Crippen LogP contribution in [0.3, 0.4) is 0 Å². The van der Waals surface area contributed by atoms with Gasteiger partial charge >= 0.3 is 0 Å². The molecule has 1 rings (SSSR count). The van der Waals surface area contributed by atoms with Crippen LogP contribution in [-0.4, -0.2) is 56.6 Å². The number of aryl methyl sites for hydroxylation is 3. The maximum atomic E-state index is 11.0. The van der Waals surface area contributed by atoms with Gasteiger partial charge in [-0.1, -0.05) is 0 Å². The van der Waals surface area contributed by atoms with Crippen LogP contribution in [0.25, 0.3) is 0 Å². The van der Waals surface area contributed by atoms with Gasteiger partial charge in [0, 0.05) is 38.4 Å². The first kappa shape index (κ1) is 20.4. The maximum absolute atomic E-state index is 11.0. The zero-order chi connectivity index (χ0) is 18.0. The highest BCUT2D eigenvalue weighted by Gasteiger charge is 2.02. The van der Waals surface area contributed by atoms with Crippen molar-refractivity contribution in [3.63, 3.8) is 0 Å². The van der Waals surface area contributed by atoms with Crippen LogP contribution < -0.4 is 15.4 Å². The second-order valence-electron chi connectivity index (χ2n) is 5.71. The van der Waals surface area contributed by atoms with E-state index < -0.39 is 10.0 Å². The van der Waals surface area contributed by atoms with Gasteiger partial charge in [-0.2, -0.15) is 5.10 Å². The summed E-state index contributed by atoms with van der Waals surface area (Å²) in [5.41, 5.74) is 2.20. The zero-order valence-electron chi connectivity index (χ0n) is 15.1. The molecule has 3 N–H and O–H groups in total. The second-order valence-corrected chi connectivity index (χ2v) is 7.54. The summed E-state index contributed by atoms with van der Waals surface area (Å²) < 4.78 is 26.4. The van der Waals surface area contributed by atoms with Crippen LogP contribution in [0.15, 0.2) is 11.1 Å². The van der Waals surface area contributed by atoms with Crippen molar-refractivity contribution in [2.24, 2.45) is 4.99 Å². The highest BCUT2D eigenvalue weighted by Crippen LogP contribution is 2.02. The Morgan fingerprint density at radius 3 is 2.58 bits per heavy atom. The molecule has 1 aromatic heterocycles. The average molecular weight is 359 g/mol. The van der Waals surface area contributed by atoms with Gasteiger partial charge < -0.3 is 10.6 Å². The van der Waals surface area contributed by atoms with Crippen molar-refractivity contribution in [1.82, 2.24) is 25.1 Å². The fourth-order valence-corrected chi connectivity index (χ4v) is 2.72. The van der Waals surface area contributed by atoms with Gasteiger partial charge in [-0.25, -0.2) is 13.1 Å². The molecule has 0 aliphatic carbocycles. The largest absolute Gasteiger partial charge is 0.357 e. The second kappa shape index (κ2) is 10.3. The molecule has 1 aromatic rings. The van der Waals surface area contributed by atoms with Crippen molar-refractivity contribution in [3.05, 3.63) is 17.5 Å². The molecule has 0 saturated carbocycles. The zero-order valence-corrected chi connectivity index (χ0v) is 15.9. The number of hydrogen-bond donors (Lipinski definition) is 3. The van der Waals surface area contributed by atoms with Crippen LogP contribution in [0, 0.1) is 13.8 Å². The van der Waals surface area contributed by atoms with Gasteiger partial charge in [0.1, 0.15) is 0 Å². The fraction of sp³-hybridized carbons (Fsp3) is 0.733. The number of rotatable bonds is 10. The summed E-state index contributed by atoms with van der Waals surface area (Å²) in [5.74, 6) is 0.755. The lowest BCUT2D eigenvalue weighted by atomic mass is 10.4. The highest BCUT2D eigenvalue weighted by molar-refractivity contribution is 7.88. The Labute approximate surface area is 145 Å². The summed E-state index contributed by atoms with van der Waals surface area (Å²) in [6.07, 6.45) is 2.77. The molecule has 0 amide bonds. The lowest BCUT2D eigenvalue weighted by molar-refractivity contribution is 0.566. The Morgan fingerprint density at radius 2 is 2.00 bits per heavy atom. The van der Waals surface area contributed by atoms with E-state index in [1.54, 1.807) is 0 Å². The number of nitrogens with one attached hydrogen (secondary N) is 3. The standard InChI is InChI=1S/C15H30N6O2S/c1-5-16-15(17-8-6-10-19-24(4,22)23)18-9-7-11-21-14(3)12-13(2)20-21/h12,19H,5-11H2,1-4H3,(H2,16,17,18). The molecule has 1 heterocycles. The number of guanidine groups is 1. The van der Waals surface area contributed by atoms with Crippen molar-refractivity contribution in [2.75, 3.05) is 32.4 Å². The molecule has 24 heavy (non-hydrogen) atoms. The van der Waals surface area contributed by atoms with Gasteiger partial charge in [0.15, 0.2) is 5.96 Å². The summed E-state index contributed by atoms with van der Waals surface area (Å²) in [6, 6.07) is 2.07. The van der Waals surface area contributed by atoms with E-state index in [1.165, 1.54) is 5.69 Å². The van der Waals surface area contributed by atoms with E-state index in [4.69, 9.17) is 0 Å². The summed E-state index contributed by atoms with van der Waals surface area (Å²) in [7, 11) is -3.11. The molecule has 0 aliphatic heterocycles. The molecule has 0 radical (unpaired) electrons. The summed E-state index contributed by atoms with van der Waals surface area (Å²) in [6.45, 7) is 9.47. The Hall–Kier alpha value is -1.61. The number of hydrogen-bond acceptors (Lipinski definition) is 4. The number of sulfonamides is 1. The first-order valence-corrected chi connectivity index (χ1v) is 10.2. The average Bonchev–Trinajstić information content (AvgIpc) is 2.79. The number of aliphatic imine (C=N–C) groups is 1. The summed E-state index contributed by atoms with van der Waals surface area (Å²) >= 11 is 0. The van der Waals surface area contributed by atoms with Crippen molar-refractivity contribution >= 4 is 16.0 Å². The lowest BCUT2D eigenvalue weighted by Gasteiger charge is -2.11. The van der Waals surface area contributed by atoms with Crippen molar-refractivity contribution in [3.8, 4) is 0 Å². The Kier molecular flexibility index (Phi) is 8.77. The summed E-state index contributed by atoms with van der Waals surface area (Å²) in [5, 5.41) is 10.8. The predicted octanol–water partition coefficient (Wildman–Crippen LogP) is 0.384. The third kappa shape index (κ3) is 8.88. The molecule has 0 bridgehead atoms. The minimum atomic E-state index is -3.11. The van der Waals surface area contributed by atoms with Crippen molar-refractivity contribution in [2.45, 2.75) is 40.2 Å². The molecule has 0 aromatic carbocycles. The monoisotopic (exact) mass is 358 g/mol. The molecular formula is C15H30N6O2S. The quantitative estimate of drug-likeness (QED) is 0.319. The molecule has 0 fully saturated rings. The van der Waals surface area contributed by atoms with E-state index in [0.29, 0.717) is 26.1 Å². The van der Waals surface area contributed by atoms with E-state index in [9.17, 15) is 8.42 Å². The maximum Gasteiger partial charge on any atom is 0.208 e. The van der Waals surface area contributed by atoms with Gasteiger partial charge in [0.05, 0.1) is 11.9 Å². The van der Waals surface area contributed by atoms with E-state index in [0.717, 1.165) is 37.4 Å². The first-order chi connectivity index (χ1) is 11.3. The van der Waals surface area contributed by atoms with Crippen molar-refractivity contribution < 1.29 is 8.42 Å². The molecule has 138 valence electrons. The van der Waals surface area contributed by atoms with Gasteiger partial charge in [0.25, 0.3) is 0 Å². The molecule has 0 atom stereocenters. The third-order valence-electron chi connectivity index (χ3n) is 3.26. The lowest BCUT2D eigenvalue weighted by Crippen LogP contribution is -2.38. The minimum absolute atomic E-state index is 0.420. The van der Waals surface area contributed by atoms with Crippen molar-refractivity contribution in [1.29, 1.82) is 0 Å². The van der Waals surface area contributed by atoms with Crippen LogP contribution in [0.1, 0.15) is 31.2 Å². The van der Waals surface area contributed by atoms with Crippen LogP contribution in [0.5, 0.6) is 0 Å². The van der Waals surface area contributed by atoms with E-state index >= 15 is 0 Å². The van der Waals surface area contributed by atoms with Gasteiger partial charge in [-0.05, 0) is 39.7 Å². The number of aromatic nitrogens is 2. The smallest absolute Gasteiger partial charge is 0.208 e. The van der Waals surface area contributed by atoms with E-state index in [2.05, 4.69) is 38.4 Å². The Bertz CT molecular complexity index is 624. The van der Waals surface area contributed by atoms with Crippen LogP contribution in [0.4, 0.5) is 0 Å². The Balaban J connectivity index is 2.30. The third-order valence-corrected chi connectivity index (χ3v) is 3.98. The molecule has 0 aliphatic rings.